The number of aryl methyl sites for hydroxylation is 1. The highest BCUT2D eigenvalue weighted by molar-refractivity contribution is 4.81. The minimum atomic E-state index is -0.354. The van der Waals surface area contributed by atoms with Gasteiger partial charge in [-0.05, 0) is 0 Å². The highest BCUT2D eigenvalue weighted by Gasteiger charge is 1.94. The van der Waals surface area contributed by atoms with Gasteiger partial charge in [0.2, 0.25) is 0 Å². The third-order valence-electron chi connectivity index (χ3n) is 1.29. The van der Waals surface area contributed by atoms with E-state index in [1.807, 2.05) is 0 Å². The molecule has 0 spiro atoms. The third-order valence-corrected chi connectivity index (χ3v) is 1.29. The van der Waals surface area contributed by atoms with Gasteiger partial charge < -0.3 is 0 Å². The fourth-order valence-corrected chi connectivity index (χ4v) is 0.623. The summed E-state index contributed by atoms with van der Waals surface area (Å²) in [6, 6.07) is 1.22. The summed E-state index contributed by atoms with van der Waals surface area (Å²) in [5.41, 5.74) is -0.685. The maximum atomic E-state index is 10.9. The molecule has 0 aliphatic rings. The molecule has 1 aromatic heterocycles. The van der Waals surface area contributed by atoms with Gasteiger partial charge in [-0.3, -0.25) is 13.9 Å². The van der Waals surface area contributed by atoms with Crippen LogP contribution in [-0.4, -0.2) is 9.13 Å². The molecule has 0 aromatic carbocycles. The Balaban J connectivity index is 3.66. The lowest BCUT2D eigenvalue weighted by molar-refractivity contribution is 0.681. The average Bonchev–Trinajstić information content (AvgIpc) is 1.93. The predicted octanol–water partition coefficient (Wildman–Crippen LogP) is -1.12. The second kappa shape index (κ2) is 2.13. The Morgan fingerprint density at radius 1 is 1.40 bits per heavy atom. The minimum absolute atomic E-state index is 0.330. The molecule has 0 bridgehead atoms. The topological polar surface area (TPSA) is 44.0 Å². The normalized spacial score (nSPS) is 9.80. The quantitative estimate of drug-likeness (QED) is 0.457. The molecule has 4 nitrogen and oxygen atoms in total. The molecule has 10 heavy (non-hydrogen) atoms. The fraction of sp³-hybridized carbons (Fsp3) is 0.333. The Bertz CT molecular complexity index is 348. The van der Waals surface area contributed by atoms with Crippen molar-refractivity contribution in [3.8, 4) is 0 Å². The second-order valence-electron chi connectivity index (χ2n) is 2.01. The van der Waals surface area contributed by atoms with Crippen LogP contribution in [0.5, 0.6) is 0 Å². The highest BCUT2D eigenvalue weighted by atomic mass is 16.2. The molecular weight excluding hydrogens is 132 g/mol. The van der Waals surface area contributed by atoms with Crippen LogP contribution in [0.3, 0.4) is 0 Å². The molecule has 1 rings (SSSR count). The lowest BCUT2D eigenvalue weighted by atomic mass is 10.6. The van der Waals surface area contributed by atoms with Crippen LogP contribution in [0.1, 0.15) is 0 Å². The Kier molecular flexibility index (Phi) is 1.45. The van der Waals surface area contributed by atoms with E-state index in [2.05, 4.69) is 6.20 Å². The summed E-state index contributed by atoms with van der Waals surface area (Å²) in [5, 5.41) is 0. The zero-order valence-corrected chi connectivity index (χ0v) is 5.79. The average molecular weight is 139 g/mol. The minimum Gasteiger partial charge on any atom is -0.295 e. The molecule has 0 saturated carbocycles. The van der Waals surface area contributed by atoms with Gasteiger partial charge in [0, 0.05) is 20.2 Å². The smallest absolute Gasteiger partial charge is 0.295 e. The van der Waals surface area contributed by atoms with Crippen molar-refractivity contribution < 1.29 is 0 Å². The molecule has 0 unspecified atom stereocenters. The summed E-state index contributed by atoms with van der Waals surface area (Å²) in [4.78, 5) is 21.6. The number of hydrogen-bond acceptors (Lipinski definition) is 2. The van der Waals surface area contributed by atoms with Gasteiger partial charge in [0.15, 0.2) is 0 Å². The van der Waals surface area contributed by atoms with Crippen LogP contribution < -0.4 is 11.2 Å². The molecule has 0 N–H and O–H groups in total. The first-order chi connectivity index (χ1) is 4.63. The summed E-state index contributed by atoms with van der Waals surface area (Å²) in [6.45, 7) is 0. The molecule has 1 aromatic rings. The maximum Gasteiger partial charge on any atom is 0.330 e. The van der Waals surface area contributed by atoms with Crippen LogP contribution in [0.4, 0.5) is 0 Å². The molecule has 0 atom stereocenters. The molecule has 4 heteroatoms. The summed E-state index contributed by atoms with van der Waals surface area (Å²) in [5.74, 6) is 0. The van der Waals surface area contributed by atoms with E-state index >= 15 is 0 Å². The summed E-state index contributed by atoms with van der Waals surface area (Å²) in [6.07, 6.45) is 2.48. The lowest BCUT2D eigenvalue weighted by Crippen LogP contribution is -2.35. The molecular formula is C6H7N2O2. The van der Waals surface area contributed by atoms with Crippen molar-refractivity contribution in [1.29, 1.82) is 0 Å². The van der Waals surface area contributed by atoms with Crippen molar-refractivity contribution in [2.75, 3.05) is 0 Å². The first-order valence-corrected chi connectivity index (χ1v) is 2.77. The van der Waals surface area contributed by atoms with Crippen LogP contribution in [0, 0.1) is 6.20 Å². The van der Waals surface area contributed by atoms with Gasteiger partial charge in [-0.25, -0.2) is 4.79 Å². The highest BCUT2D eigenvalue weighted by Crippen LogP contribution is 1.64. The van der Waals surface area contributed by atoms with Crippen LogP contribution >= 0.6 is 0 Å². The summed E-state index contributed by atoms with van der Waals surface area (Å²) in [7, 11) is 2.97. The van der Waals surface area contributed by atoms with Gasteiger partial charge >= 0.3 is 5.69 Å². The number of rotatable bonds is 0. The largest absolute Gasteiger partial charge is 0.330 e. The molecule has 0 aliphatic heterocycles. The van der Waals surface area contributed by atoms with E-state index in [1.54, 1.807) is 7.05 Å². The van der Waals surface area contributed by atoms with Crippen LogP contribution in [0.25, 0.3) is 0 Å². The molecule has 0 saturated heterocycles. The van der Waals surface area contributed by atoms with Gasteiger partial charge in [0.05, 0.1) is 6.20 Å². The van der Waals surface area contributed by atoms with Crippen molar-refractivity contribution in [2.45, 2.75) is 0 Å². The lowest BCUT2D eigenvalue weighted by Gasteiger charge is -1.96. The molecule has 0 fully saturated rings. The van der Waals surface area contributed by atoms with E-state index in [0.29, 0.717) is 0 Å². The Morgan fingerprint density at radius 2 is 2.00 bits per heavy atom. The number of nitrogens with zero attached hydrogens (tertiary/aromatic N) is 2. The van der Waals surface area contributed by atoms with Crippen molar-refractivity contribution in [1.82, 2.24) is 9.13 Å². The fourth-order valence-electron chi connectivity index (χ4n) is 0.623. The van der Waals surface area contributed by atoms with Crippen LogP contribution in [0.15, 0.2) is 15.7 Å². The van der Waals surface area contributed by atoms with Gasteiger partial charge in [-0.1, -0.05) is 0 Å². The Labute approximate surface area is 57.3 Å². The van der Waals surface area contributed by atoms with E-state index in [0.717, 1.165) is 4.57 Å². The Morgan fingerprint density at radius 3 is 2.50 bits per heavy atom. The molecule has 0 aliphatic carbocycles. The summed E-state index contributed by atoms with van der Waals surface area (Å²) < 4.78 is 2.25. The molecule has 1 heterocycles. The first-order valence-electron chi connectivity index (χ1n) is 2.77. The van der Waals surface area contributed by atoms with E-state index in [9.17, 15) is 9.59 Å². The van der Waals surface area contributed by atoms with Crippen molar-refractivity contribution in [3.63, 3.8) is 0 Å². The zero-order chi connectivity index (χ0) is 7.72. The Hall–Kier alpha value is -1.32. The van der Waals surface area contributed by atoms with Gasteiger partial charge in [-0.15, -0.1) is 0 Å². The molecule has 1 radical (unpaired) electrons. The number of aromatic nitrogens is 2. The van der Waals surface area contributed by atoms with Gasteiger partial charge in [0.1, 0.15) is 0 Å². The van der Waals surface area contributed by atoms with Gasteiger partial charge in [0.25, 0.3) is 5.56 Å². The molecule has 0 amide bonds. The van der Waals surface area contributed by atoms with E-state index in [-0.39, 0.29) is 11.2 Å². The van der Waals surface area contributed by atoms with E-state index in [1.165, 1.54) is 17.7 Å². The monoisotopic (exact) mass is 139 g/mol. The SMILES string of the molecule is Cn1[c]cc(=O)n(C)c1=O. The molecule has 53 valence electrons. The standard InChI is InChI=1S/C6H7N2O2/c1-7-4-3-5(9)8(2)6(7)10/h3H,1-2H3. The van der Waals surface area contributed by atoms with Crippen LogP contribution in [0.2, 0.25) is 0 Å². The van der Waals surface area contributed by atoms with Crippen molar-refractivity contribution in [2.24, 2.45) is 14.1 Å². The van der Waals surface area contributed by atoms with E-state index < -0.39 is 0 Å². The van der Waals surface area contributed by atoms with Crippen molar-refractivity contribution >= 4 is 0 Å². The first kappa shape index (κ1) is 6.80. The van der Waals surface area contributed by atoms with Gasteiger partial charge in [-0.2, -0.15) is 0 Å². The third kappa shape index (κ3) is 0.877. The van der Waals surface area contributed by atoms with E-state index in [4.69, 9.17) is 0 Å². The maximum absolute atomic E-state index is 10.9. The predicted molar refractivity (Wildman–Crippen MR) is 35.8 cm³/mol. The summed E-state index contributed by atoms with van der Waals surface area (Å²) >= 11 is 0. The van der Waals surface area contributed by atoms with Crippen LogP contribution in [-0.2, 0) is 14.1 Å². The number of hydrogen-bond donors (Lipinski definition) is 0. The second-order valence-corrected chi connectivity index (χ2v) is 2.01. The van der Waals surface area contributed by atoms with Crippen molar-refractivity contribution in [3.05, 3.63) is 33.1 Å². The zero-order valence-electron chi connectivity index (χ0n) is 5.79.